The van der Waals surface area contributed by atoms with Crippen LogP contribution in [0.2, 0.25) is 0 Å². The summed E-state index contributed by atoms with van der Waals surface area (Å²) >= 11 is 0. The average Bonchev–Trinajstić information content (AvgIpc) is 2.56. The van der Waals surface area contributed by atoms with Gasteiger partial charge >= 0.3 is 5.97 Å². The second-order valence-corrected chi connectivity index (χ2v) is 4.69. The van der Waals surface area contributed by atoms with E-state index in [1.165, 1.54) is 0 Å². The van der Waals surface area contributed by atoms with Crippen LogP contribution < -0.4 is 5.73 Å². The van der Waals surface area contributed by atoms with E-state index in [2.05, 4.69) is 9.97 Å². The molecule has 0 spiro atoms. The molecular formula is C17H13N3O2. The molecule has 5 heteroatoms. The maximum atomic E-state index is 11.3. The second kappa shape index (κ2) is 5.65. The molecule has 0 amide bonds. The van der Waals surface area contributed by atoms with Gasteiger partial charge in [-0.05, 0) is 0 Å². The normalized spacial score (nSPS) is 10.4. The molecular weight excluding hydrogens is 278 g/mol. The summed E-state index contributed by atoms with van der Waals surface area (Å²) in [5.41, 5.74) is 8.20. The highest BCUT2D eigenvalue weighted by Gasteiger charge is 2.18. The lowest BCUT2D eigenvalue weighted by atomic mass is 10.0. The monoisotopic (exact) mass is 291 g/mol. The quantitative estimate of drug-likeness (QED) is 0.774. The van der Waals surface area contributed by atoms with Crippen molar-refractivity contribution < 1.29 is 9.90 Å². The van der Waals surface area contributed by atoms with Crippen LogP contribution in [0.4, 0.5) is 5.82 Å². The Kier molecular flexibility index (Phi) is 3.53. The molecule has 2 aromatic carbocycles. The molecule has 3 N–H and O–H groups in total. The fourth-order valence-corrected chi connectivity index (χ4v) is 2.20. The summed E-state index contributed by atoms with van der Waals surface area (Å²) < 4.78 is 0. The summed E-state index contributed by atoms with van der Waals surface area (Å²) in [5, 5.41) is 9.22. The molecule has 3 aromatic rings. The largest absolute Gasteiger partial charge is 0.476 e. The van der Waals surface area contributed by atoms with Gasteiger partial charge in [-0.25, -0.2) is 14.8 Å². The minimum absolute atomic E-state index is 0.0916. The van der Waals surface area contributed by atoms with Crippen LogP contribution in [0.25, 0.3) is 22.5 Å². The van der Waals surface area contributed by atoms with Crippen LogP contribution in [0.1, 0.15) is 10.5 Å². The summed E-state index contributed by atoms with van der Waals surface area (Å²) in [5.74, 6) is -1.28. The number of rotatable bonds is 3. The number of hydrogen-bond donors (Lipinski definition) is 2. The Morgan fingerprint density at radius 2 is 1.27 bits per heavy atom. The van der Waals surface area contributed by atoms with Crippen molar-refractivity contribution in [1.82, 2.24) is 9.97 Å². The molecule has 0 saturated carbocycles. The Labute approximate surface area is 127 Å². The Balaban J connectivity index is 2.29. The van der Waals surface area contributed by atoms with Gasteiger partial charge in [-0.3, -0.25) is 0 Å². The van der Waals surface area contributed by atoms with Crippen molar-refractivity contribution in [2.75, 3.05) is 5.73 Å². The lowest BCUT2D eigenvalue weighted by Gasteiger charge is -2.11. The number of aromatic nitrogens is 2. The van der Waals surface area contributed by atoms with Gasteiger partial charge in [0.1, 0.15) is 0 Å². The standard InChI is InChI=1S/C17H13N3O2/c18-16-15(17(21)22)19-13(11-7-3-1-4-8-11)14(20-16)12-9-5-2-6-10-12/h1-10H,(H2,18,20)(H,21,22). The van der Waals surface area contributed by atoms with Gasteiger partial charge in [-0.15, -0.1) is 0 Å². The maximum absolute atomic E-state index is 11.3. The van der Waals surface area contributed by atoms with Crippen LogP contribution >= 0.6 is 0 Å². The van der Waals surface area contributed by atoms with Gasteiger partial charge in [0, 0.05) is 11.1 Å². The Morgan fingerprint density at radius 1 is 0.818 bits per heavy atom. The smallest absolute Gasteiger partial charge is 0.358 e. The summed E-state index contributed by atoms with van der Waals surface area (Å²) in [4.78, 5) is 19.8. The zero-order chi connectivity index (χ0) is 15.5. The lowest BCUT2D eigenvalue weighted by Crippen LogP contribution is -2.10. The van der Waals surface area contributed by atoms with Crippen LogP contribution in [0.5, 0.6) is 0 Å². The van der Waals surface area contributed by atoms with E-state index in [9.17, 15) is 9.90 Å². The van der Waals surface area contributed by atoms with Gasteiger partial charge in [0.2, 0.25) is 0 Å². The van der Waals surface area contributed by atoms with E-state index in [0.717, 1.165) is 11.1 Å². The van der Waals surface area contributed by atoms with E-state index < -0.39 is 5.97 Å². The Hall–Kier alpha value is -3.21. The highest BCUT2D eigenvalue weighted by atomic mass is 16.4. The number of nitrogens with two attached hydrogens (primary N) is 1. The van der Waals surface area contributed by atoms with Crippen molar-refractivity contribution in [3.05, 3.63) is 66.4 Å². The van der Waals surface area contributed by atoms with Crippen molar-refractivity contribution in [1.29, 1.82) is 0 Å². The minimum Gasteiger partial charge on any atom is -0.476 e. The summed E-state index contributed by atoms with van der Waals surface area (Å²) in [7, 11) is 0. The number of carbonyl (C=O) groups is 1. The molecule has 5 nitrogen and oxygen atoms in total. The first-order valence-corrected chi connectivity index (χ1v) is 6.68. The van der Waals surface area contributed by atoms with Gasteiger partial charge in [0.05, 0.1) is 11.4 Å². The number of hydrogen-bond acceptors (Lipinski definition) is 4. The van der Waals surface area contributed by atoms with Crippen molar-refractivity contribution >= 4 is 11.8 Å². The van der Waals surface area contributed by atoms with Crippen molar-refractivity contribution in [3.63, 3.8) is 0 Å². The Bertz CT molecular complexity index is 818. The van der Waals surface area contributed by atoms with E-state index in [0.29, 0.717) is 11.4 Å². The molecule has 1 heterocycles. The van der Waals surface area contributed by atoms with Crippen LogP contribution in [0.15, 0.2) is 60.7 Å². The topological polar surface area (TPSA) is 89.1 Å². The Morgan fingerprint density at radius 3 is 1.73 bits per heavy atom. The number of nitrogen functional groups attached to an aromatic ring is 1. The van der Waals surface area contributed by atoms with E-state index >= 15 is 0 Å². The summed E-state index contributed by atoms with van der Waals surface area (Å²) in [6.07, 6.45) is 0. The van der Waals surface area contributed by atoms with Gasteiger partial charge < -0.3 is 10.8 Å². The summed E-state index contributed by atoms with van der Waals surface area (Å²) in [6, 6.07) is 18.8. The molecule has 3 rings (SSSR count). The van der Waals surface area contributed by atoms with Gasteiger partial charge in [0.25, 0.3) is 0 Å². The second-order valence-electron chi connectivity index (χ2n) is 4.69. The summed E-state index contributed by atoms with van der Waals surface area (Å²) in [6.45, 7) is 0. The molecule has 0 aliphatic heterocycles. The average molecular weight is 291 g/mol. The van der Waals surface area contributed by atoms with Crippen molar-refractivity contribution in [2.45, 2.75) is 0 Å². The predicted molar refractivity (Wildman–Crippen MR) is 84.3 cm³/mol. The molecule has 0 atom stereocenters. The molecule has 108 valence electrons. The molecule has 0 fully saturated rings. The van der Waals surface area contributed by atoms with Crippen LogP contribution in [0, 0.1) is 0 Å². The molecule has 0 aliphatic rings. The molecule has 0 saturated heterocycles. The molecule has 1 aromatic heterocycles. The molecule has 0 aliphatic carbocycles. The van der Waals surface area contributed by atoms with Gasteiger partial charge in [0.15, 0.2) is 11.5 Å². The first kappa shape index (κ1) is 13.8. The maximum Gasteiger partial charge on any atom is 0.358 e. The van der Waals surface area contributed by atoms with E-state index in [1.54, 1.807) is 0 Å². The van der Waals surface area contributed by atoms with Gasteiger partial charge in [-0.2, -0.15) is 0 Å². The van der Waals surface area contributed by atoms with Crippen LogP contribution in [-0.4, -0.2) is 21.0 Å². The minimum atomic E-state index is -1.19. The highest BCUT2D eigenvalue weighted by Crippen LogP contribution is 2.30. The number of aromatic carboxylic acids is 1. The number of nitrogens with zero attached hydrogens (tertiary/aromatic N) is 2. The van der Waals surface area contributed by atoms with E-state index in [-0.39, 0.29) is 11.5 Å². The third-order valence-electron chi connectivity index (χ3n) is 3.22. The fourth-order valence-electron chi connectivity index (χ4n) is 2.20. The van der Waals surface area contributed by atoms with E-state index in [1.807, 2.05) is 60.7 Å². The van der Waals surface area contributed by atoms with Crippen LogP contribution in [-0.2, 0) is 0 Å². The first-order chi connectivity index (χ1) is 10.7. The predicted octanol–water partition coefficient (Wildman–Crippen LogP) is 3.09. The molecule has 0 bridgehead atoms. The molecule has 0 radical (unpaired) electrons. The fraction of sp³-hybridized carbons (Fsp3) is 0. The number of carboxylic acids is 1. The number of benzene rings is 2. The SMILES string of the molecule is Nc1nc(-c2ccccc2)c(-c2ccccc2)nc1C(=O)O. The lowest BCUT2D eigenvalue weighted by molar-refractivity contribution is 0.0691. The third-order valence-corrected chi connectivity index (χ3v) is 3.22. The zero-order valence-corrected chi connectivity index (χ0v) is 11.6. The van der Waals surface area contributed by atoms with Crippen molar-refractivity contribution in [3.8, 4) is 22.5 Å². The first-order valence-electron chi connectivity index (χ1n) is 6.68. The number of anilines is 1. The molecule has 0 unspecified atom stereocenters. The van der Waals surface area contributed by atoms with Crippen molar-refractivity contribution in [2.24, 2.45) is 0 Å². The molecule has 22 heavy (non-hydrogen) atoms. The van der Waals surface area contributed by atoms with Gasteiger partial charge in [-0.1, -0.05) is 60.7 Å². The van der Waals surface area contributed by atoms with E-state index in [4.69, 9.17) is 5.73 Å². The highest BCUT2D eigenvalue weighted by molar-refractivity contribution is 5.92. The van der Waals surface area contributed by atoms with Crippen LogP contribution in [0.3, 0.4) is 0 Å². The third kappa shape index (κ3) is 2.52. The zero-order valence-electron chi connectivity index (χ0n) is 11.6. The number of carboxylic acid groups (broad SMARTS) is 1.